The number of hydrogen-bond acceptors (Lipinski definition) is 8. The summed E-state index contributed by atoms with van der Waals surface area (Å²) in [5, 5.41) is -5.93. The zero-order chi connectivity index (χ0) is 31.5. The lowest BCUT2D eigenvalue weighted by Crippen LogP contribution is -2.54. The maximum Gasteiger partial charge on any atom is 0.432 e. The third-order valence-corrected chi connectivity index (χ3v) is 10.8. The first-order valence-corrected chi connectivity index (χ1v) is 15.3. The van der Waals surface area contributed by atoms with E-state index in [9.17, 15) is 44.8 Å². The van der Waals surface area contributed by atoms with Gasteiger partial charge in [-0.25, -0.2) is 0 Å². The van der Waals surface area contributed by atoms with Crippen molar-refractivity contribution in [3.8, 4) is 0 Å². The number of esters is 3. The molecule has 0 aromatic heterocycles. The molecule has 1 aliphatic heterocycles. The summed E-state index contributed by atoms with van der Waals surface area (Å²) < 4.78 is 115. The Labute approximate surface area is 246 Å². The van der Waals surface area contributed by atoms with Crippen molar-refractivity contribution >= 4 is 28.0 Å². The molecule has 6 aliphatic rings. The molecule has 2 saturated carbocycles. The molecule has 9 nitrogen and oxygen atoms in total. The van der Waals surface area contributed by atoms with Gasteiger partial charge in [0.15, 0.2) is 0 Å². The van der Waals surface area contributed by atoms with E-state index in [-0.39, 0.29) is 18.3 Å². The van der Waals surface area contributed by atoms with Crippen LogP contribution in [0.1, 0.15) is 46.9 Å². The fourth-order valence-electron chi connectivity index (χ4n) is 8.21. The Morgan fingerprint density at radius 1 is 0.886 bits per heavy atom. The average molecular weight is 643 g/mol. The zero-order valence-electron chi connectivity index (χ0n) is 22.3. The Kier molecular flexibility index (Phi) is 6.26. The van der Waals surface area contributed by atoms with Crippen molar-refractivity contribution < 1.29 is 63.5 Å². The van der Waals surface area contributed by atoms with Crippen LogP contribution < -0.4 is 0 Å². The standard InChI is InChI=1S/C29H23F5O9S/c30-28(31,32)27(29(33,34)44(38,39)40)43-26(37)21-17-10-16-20(21)25(36)42-23(16)22(17)41-24(35)18-9-15-11-5-1-3-7-13(11)19(18)14-8-4-2-6-12(14)15/h1-8,15-23,27H,9-10H2,(H,38,39,40). The number of carbonyl (C=O) groups is 3. The van der Waals surface area contributed by atoms with Crippen molar-refractivity contribution in [2.75, 3.05) is 0 Å². The molecule has 15 heteroatoms. The molecule has 3 fully saturated rings. The van der Waals surface area contributed by atoms with E-state index < -0.39 is 87.4 Å². The summed E-state index contributed by atoms with van der Waals surface area (Å²) in [4.78, 5) is 39.5. The summed E-state index contributed by atoms with van der Waals surface area (Å²) in [6.45, 7) is 0. The highest BCUT2D eigenvalue weighted by Gasteiger charge is 2.72. The summed E-state index contributed by atoms with van der Waals surface area (Å²) in [7, 11) is -6.66. The molecule has 8 unspecified atom stereocenters. The van der Waals surface area contributed by atoms with Crippen LogP contribution in [0.4, 0.5) is 22.0 Å². The predicted molar refractivity (Wildman–Crippen MR) is 135 cm³/mol. The van der Waals surface area contributed by atoms with Crippen molar-refractivity contribution in [1.29, 1.82) is 0 Å². The van der Waals surface area contributed by atoms with Crippen molar-refractivity contribution in [2.24, 2.45) is 29.6 Å². The first-order chi connectivity index (χ1) is 20.6. The molecule has 0 amide bonds. The fourth-order valence-corrected chi connectivity index (χ4v) is 8.67. The second-order valence-corrected chi connectivity index (χ2v) is 13.4. The third-order valence-electron chi connectivity index (χ3n) is 9.86. The molecule has 8 atom stereocenters. The second kappa shape index (κ2) is 9.46. The van der Waals surface area contributed by atoms with E-state index in [1.165, 1.54) is 0 Å². The minimum atomic E-state index is -6.66. The smallest absolute Gasteiger partial charge is 0.432 e. The van der Waals surface area contributed by atoms with Gasteiger partial charge < -0.3 is 14.2 Å². The molecule has 8 rings (SSSR count). The highest BCUT2D eigenvalue weighted by molar-refractivity contribution is 7.86. The highest BCUT2D eigenvalue weighted by atomic mass is 32.2. The van der Waals surface area contributed by atoms with Crippen LogP contribution in [-0.2, 0) is 38.7 Å². The molecular weight excluding hydrogens is 619 g/mol. The lowest BCUT2D eigenvalue weighted by molar-refractivity contribution is -0.262. The Bertz CT molecular complexity index is 1640. The van der Waals surface area contributed by atoms with E-state index in [1.807, 2.05) is 48.5 Å². The lowest BCUT2D eigenvalue weighted by Gasteiger charge is -2.45. The SMILES string of the molecule is O=C(OC1C2CC3C1OC(=O)C3C2C(=O)OC(C(F)(F)F)C(F)(F)S(=O)(=O)O)C1CC2c3ccccc3C1c1ccccc12. The van der Waals surface area contributed by atoms with Gasteiger partial charge in [-0.2, -0.15) is 30.4 Å². The van der Waals surface area contributed by atoms with E-state index in [4.69, 9.17) is 14.0 Å². The number of rotatable bonds is 6. The number of ether oxygens (including phenoxy) is 3. The predicted octanol–water partition coefficient (Wildman–Crippen LogP) is 3.96. The quantitative estimate of drug-likeness (QED) is 0.215. The summed E-state index contributed by atoms with van der Waals surface area (Å²) >= 11 is 0. The van der Waals surface area contributed by atoms with Crippen LogP contribution >= 0.6 is 0 Å². The van der Waals surface area contributed by atoms with Gasteiger partial charge >= 0.3 is 39.5 Å². The van der Waals surface area contributed by atoms with E-state index in [0.717, 1.165) is 22.3 Å². The molecule has 2 aromatic carbocycles. The normalized spacial score (nSPS) is 33.8. The van der Waals surface area contributed by atoms with Crippen molar-refractivity contribution in [1.82, 2.24) is 0 Å². The summed E-state index contributed by atoms with van der Waals surface area (Å²) in [6, 6.07) is 15.4. The van der Waals surface area contributed by atoms with Gasteiger partial charge in [0.25, 0.3) is 6.10 Å². The molecule has 4 bridgehead atoms. The van der Waals surface area contributed by atoms with Crippen molar-refractivity contribution in [3.63, 3.8) is 0 Å². The fraction of sp³-hybridized carbons (Fsp3) is 0.483. The Morgan fingerprint density at radius 3 is 2.00 bits per heavy atom. The average Bonchev–Trinajstić information content (AvgIpc) is 3.58. The molecule has 0 radical (unpaired) electrons. The van der Waals surface area contributed by atoms with E-state index in [2.05, 4.69) is 4.74 Å². The van der Waals surface area contributed by atoms with Gasteiger partial charge in [-0.3, -0.25) is 18.9 Å². The Morgan fingerprint density at radius 2 is 1.45 bits per heavy atom. The third kappa shape index (κ3) is 4.04. The zero-order valence-corrected chi connectivity index (χ0v) is 23.1. The summed E-state index contributed by atoms with van der Waals surface area (Å²) in [6.07, 6.45) is -12.5. The van der Waals surface area contributed by atoms with E-state index in [0.29, 0.717) is 6.42 Å². The van der Waals surface area contributed by atoms with Crippen LogP contribution in [0.15, 0.2) is 48.5 Å². The first-order valence-electron chi connectivity index (χ1n) is 13.8. The van der Waals surface area contributed by atoms with Crippen LogP contribution in [0, 0.1) is 29.6 Å². The number of fused-ring (bicyclic) bond motifs is 2. The topological polar surface area (TPSA) is 133 Å². The number of carbonyl (C=O) groups excluding carboxylic acids is 3. The van der Waals surface area contributed by atoms with Gasteiger partial charge in [0.1, 0.15) is 12.2 Å². The van der Waals surface area contributed by atoms with Crippen LogP contribution in [0.25, 0.3) is 0 Å². The molecule has 1 N–H and O–H groups in total. The van der Waals surface area contributed by atoms with Crippen LogP contribution in [-0.4, -0.2) is 60.6 Å². The van der Waals surface area contributed by atoms with E-state index >= 15 is 0 Å². The largest absolute Gasteiger partial charge is 0.458 e. The van der Waals surface area contributed by atoms with Crippen LogP contribution in [0.2, 0.25) is 0 Å². The number of alkyl halides is 5. The molecule has 2 aromatic rings. The Balaban J connectivity index is 1.16. The number of halogens is 5. The molecule has 0 spiro atoms. The Hall–Kier alpha value is -3.59. The maximum atomic E-state index is 14.1. The monoisotopic (exact) mass is 642 g/mol. The highest BCUT2D eigenvalue weighted by Crippen LogP contribution is 2.60. The molecule has 44 heavy (non-hydrogen) atoms. The molecule has 5 aliphatic carbocycles. The molecule has 1 heterocycles. The second-order valence-electron chi connectivity index (χ2n) is 11.9. The van der Waals surface area contributed by atoms with Gasteiger partial charge in [0.2, 0.25) is 0 Å². The van der Waals surface area contributed by atoms with Crippen LogP contribution in [0.5, 0.6) is 0 Å². The number of benzene rings is 2. The first kappa shape index (κ1) is 29.1. The summed E-state index contributed by atoms with van der Waals surface area (Å²) in [5.41, 5.74) is 4.06. The van der Waals surface area contributed by atoms with E-state index in [1.54, 1.807) is 0 Å². The van der Waals surface area contributed by atoms with Gasteiger partial charge in [-0.05, 0) is 35.1 Å². The van der Waals surface area contributed by atoms with Crippen molar-refractivity contribution in [3.05, 3.63) is 70.8 Å². The summed E-state index contributed by atoms with van der Waals surface area (Å²) in [5.74, 6) is -9.77. The maximum absolute atomic E-state index is 14.1. The van der Waals surface area contributed by atoms with Crippen LogP contribution in [0.3, 0.4) is 0 Å². The number of hydrogen-bond donors (Lipinski definition) is 1. The minimum absolute atomic E-state index is 0.00739. The van der Waals surface area contributed by atoms with Crippen molar-refractivity contribution in [2.45, 2.75) is 54.4 Å². The van der Waals surface area contributed by atoms with Gasteiger partial charge in [0, 0.05) is 23.7 Å². The van der Waals surface area contributed by atoms with Gasteiger partial charge in [-0.1, -0.05) is 48.5 Å². The molecule has 1 saturated heterocycles. The minimum Gasteiger partial charge on any atom is -0.458 e. The van der Waals surface area contributed by atoms with Gasteiger partial charge in [0.05, 0.1) is 17.8 Å². The molecule has 234 valence electrons. The lowest BCUT2D eigenvalue weighted by atomic mass is 9.59. The van der Waals surface area contributed by atoms with Gasteiger partial charge in [-0.15, -0.1) is 0 Å². The molecular formula is C29H23F5O9S.